The van der Waals surface area contributed by atoms with Crippen molar-refractivity contribution in [2.24, 2.45) is 13.0 Å². The van der Waals surface area contributed by atoms with Gasteiger partial charge in [-0.1, -0.05) is 25.1 Å². The van der Waals surface area contributed by atoms with E-state index in [2.05, 4.69) is 42.3 Å². The number of aryl methyl sites for hydroxylation is 1. The summed E-state index contributed by atoms with van der Waals surface area (Å²) >= 11 is 0. The predicted octanol–water partition coefficient (Wildman–Crippen LogP) is 2.62. The molecule has 10 heteroatoms. The normalized spacial score (nSPS) is 17.3. The first-order valence-corrected chi connectivity index (χ1v) is 13.3. The molecule has 0 amide bonds. The van der Waals surface area contributed by atoms with Crippen LogP contribution < -0.4 is 21.1 Å². The molecule has 5 heterocycles. The van der Waals surface area contributed by atoms with Crippen molar-refractivity contribution in [1.29, 1.82) is 0 Å². The third-order valence-corrected chi connectivity index (χ3v) is 7.54. The molecule has 0 atom stereocenters. The van der Waals surface area contributed by atoms with Gasteiger partial charge in [0, 0.05) is 77.5 Å². The second-order valence-electron chi connectivity index (χ2n) is 9.72. The SMILES string of the molecule is CC.Cn1nnc2c(N3CCC(CN4CCN(c5cn6ccnc6cc5N)CC4)CC3)cccc2c1=O. The maximum atomic E-state index is 12.4. The van der Waals surface area contributed by atoms with Gasteiger partial charge in [0.1, 0.15) is 11.2 Å². The van der Waals surface area contributed by atoms with Crippen molar-refractivity contribution in [3.8, 4) is 0 Å². The lowest BCUT2D eigenvalue weighted by molar-refractivity contribution is 0.201. The Morgan fingerprint density at radius 3 is 2.49 bits per heavy atom. The third-order valence-electron chi connectivity index (χ3n) is 7.54. The summed E-state index contributed by atoms with van der Waals surface area (Å²) < 4.78 is 3.33. The average molecular weight is 504 g/mol. The van der Waals surface area contributed by atoms with E-state index in [-0.39, 0.29) is 5.56 Å². The van der Waals surface area contributed by atoms with Crippen molar-refractivity contribution in [2.45, 2.75) is 26.7 Å². The van der Waals surface area contributed by atoms with Crippen molar-refractivity contribution in [3.63, 3.8) is 0 Å². The number of piperazine rings is 1. The zero-order chi connectivity index (χ0) is 25.9. The summed E-state index contributed by atoms with van der Waals surface area (Å²) in [4.78, 5) is 24.1. The van der Waals surface area contributed by atoms with Crippen LogP contribution in [-0.2, 0) is 7.05 Å². The van der Waals surface area contributed by atoms with Crippen molar-refractivity contribution in [3.05, 3.63) is 53.2 Å². The molecular weight excluding hydrogens is 466 g/mol. The molecule has 37 heavy (non-hydrogen) atoms. The number of imidazole rings is 1. The Bertz CT molecular complexity index is 1410. The number of pyridine rings is 1. The topological polar surface area (TPSA) is 101 Å². The molecule has 1 aromatic carbocycles. The molecule has 2 saturated heterocycles. The molecule has 2 aliphatic rings. The standard InChI is InChI=1S/C25H31N9O.C2H6/c1-30-25(35)19-3-2-4-21(24(19)28-29-30)32-8-5-18(6-9-32)16-31-11-13-33(14-12-31)22-17-34-10-7-27-23(34)15-20(22)26;1-2/h2-4,7,10,15,17-18H,5-6,8-9,11-14,16,26H2,1H3;1-2H3. The van der Waals surface area contributed by atoms with Gasteiger partial charge >= 0.3 is 0 Å². The van der Waals surface area contributed by atoms with Crippen LogP contribution in [0.3, 0.4) is 0 Å². The molecule has 0 saturated carbocycles. The quantitative estimate of drug-likeness (QED) is 0.454. The summed E-state index contributed by atoms with van der Waals surface area (Å²) in [6.45, 7) is 11.1. The fourth-order valence-electron chi connectivity index (χ4n) is 5.51. The van der Waals surface area contributed by atoms with Gasteiger partial charge in [-0.05, 0) is 30.9 Å². The lowest BCUT2D eigenvalue weighted by atomic mass is 9.95. The monoisotopic (exact) mass is 503 g/mol. The Balaban J connectivity index is 0.00000137. The van der Waals surface area contributed by atoms with E-state index in [0.717, 1.165) is 81.4 Å². The van der Waals surface area contributed by atoms with Crippen LogP contribution in [0.5, 0.6) is 0 Å². The van der Waals surface area contributed by atoms with Crippen LogP contribution >= 0.6 is 0 Å². The van der Waals surface area contributed by atoms with Gasteiger partial charge < -0.3 is 19.9 Å². The van der Waals surface area contributed by atoms with Gasteiger partial charge in [-0.2, -0.15) is 0 Å². The van der Waals surface area contributed by atoms with Gasteiger partial charge in [-0.3, -0.25) is 9.69 Å². The fourth-order valence-corrected chi connectivity index (χ4v) is 5.51. The van der Waals surface area contributed by atoms with Crippen LogP contribution in [-0.4, -0.2) is 75.1 Å². The highest BCUT2D eigenvalue weighted by Crippen LogP contribution is 2.29. The van der Waals surface area contributed by atoms with Gasteiger partial charge in [0.15, 0.2) is 0 Å². The highest BCUT2D eigenvalue weighted by molar-refractivity contribution is 5.89. The van der Waals surface area contributed by atoms with Gasteiger partial charge in [0.25, 0.3) is 5.56 Å². The first kappa shape index (κ1) is 25.0. The molecule has 2 aliphatic heterocycles. The van der Waals surface area contributed by atoms with E-state index in [1.54, 1.807) is 13.2 Å². The second-order valence-corrected chi connectivity index (χ2v) is 9.72. The number of nitrogens with two attached hydrogens (primary N) is 1. The van der Waals surface area contributed by atoms with Gasteiger partial charge in [0.2, 0.25) is 0 Å². The number of fused-ring (bicyclic) bond motifs is 2. The summed E-state index contributed by atoms with van der Waals surface area (Å²) in [5, 5.41) is 8.96. The van der Waals surface area contributed by atoms with Gasteiger partial charge in [-0.25, -0.2) is 9.67 Å². The minimum absolute atomic E-state index is 0.0995. The summed E-state index contributed by atoms with van der Waals surface area (Å²) in [5.41, 5.74) is 10.7. The number of rotatable bonds is 4. The van der Waals surface area contributed by atoms with Crippen LogP contribution in [0.4, 0.5) is 17.1 Å². The maximum absolute atomic E-state index is 12.4. The minimum Gasteiger partial charge on any atom is -0.397 e. The molecule has 0 spiro atoms. The summed E-state index contributed by atoms with van der Waals surface area (Å²) in [6, 6.07) is 7.80. The van der Waals surface area contributed by atoms with Crippen molar-refractivity contribution < 1.29 is 0 Å². The molecule has 196 valence electrons. The van der Waals surface area contributed by atoms with E-state index < -0.39 is 0 Å². The molecule has 0 radical (unpaired) electrons. The fraction of sp³-hybridized carbons (Fsp3) is 0.481. The Labute approximate surface area is 217 Å². The highest BCUT2D eigenvalue weighted by Gasteiger charge is 2.26. The first-order chi connectivity index (χ1) is 18.1. The van der Waals surface area contributed by atoms with E-state index in [0.29, 0.717) is 16.8 Å². The third kappa shape index (κ3) is 4.98. The molecule has 0 unspecified atom stereocenters. The van der Waals surface area contributed by atoms with Crippen LogP contribution in [0.2, 0.25) is 0 Å². The van der Waals surface area contributed by atoms with Gasteiger partial charge in [-0.15, -0.1) is 5.10 Å². The zero-order valence-corrected chi connectivity index (χ0v) is 22.0. The van der Waals surface area contributed by atoms with E-state index in [4.69, 9.17) is 5.73 Å². The van der Waals surface area contributed by atoms with Crippen molar-refractivity contribution in [1.82, 2.24) is 29.3 Å². The Morgan fingerprint density at radius 1 is 1.00 bits per heavy atom. The highest BCUT2D eigenvalue weighted by atomic mass is 16.1. The average Bonchev–Trinajstić information content (AvgIpc) is 3.39. The molecule has 2 N–H and O–H groups in total. The second kappa shape index (κ2) is 10.8. The number of benzene rings is 1. The zero-order valence-electron chi connectivity index (χ0n) is 22.0. The van der Waals surface area contributed by atoms with Crippen LogP contribution in [0, 0.1) is 5.92 Å². The smallest absolute Gasteiger partial charge is 0.277 e. The summed E-state index contributed by atoms with van der Waals surface area (Å²) in [7, 11) is 1.64. The number of aromatic nitrogens is 5. The van der Waals surface area contributed by atoms with Gasteiger partial charge in [0.05, 0.1) is 22.4 Å². The molecule has 10 nitrogen and oxygen atoms in total. The molecule has 2 fully saturated rings. The van der Waals surface area contributed by atoms with E-state index in [1.165, 1.54) is 4.68 Å². The van der Waals surface area contributed by atoms with Crippen LogP contribution in [0.25, 0.3) is 16.6 Å². The number of piperidine rings is 1. The first-order valence-electron chi connectivity index (χ1n) is 13.3. The molecular formula is C27H37N9O. The molecule has 6 rings (SSSR count). The van der Waals surface area contributed by atoms with E-state index in [9.17, 15) is 4.79 Å². The van der Waals surface area contributed by atoms with Crippen LogP contribution in [0.15, 0.2) is 47.7 Å². The lowest BCUT2D eigenvalue weighted by Crippen LogP contribution is -2.49. The maximum Gasteiger partial charge on any atom is 0.277 e. The predicted molar refractivity (Wildman–Crippen MR) is 149 cm³/mol. The minimum atomic E-state index is -0.0995. The number of nitrogen functional groups attached to an aromatic ring is 1. The van der Waals surface area contributed by atoms with Crippen LogP contribution in [0.1, 0.15) is 26.7 Å². The largest absolute Gasteiger partial charge is 0.397 e. The summed E-state index contributed by atoms with van der Waals surface area (Å²) in [5.74, 6) is 0.680. The molecule has 4 aromatic rings. The van der Waals surface area contributed by atoms with E-state index in [1.807, 2.05) is 42.6 Å². The van der Waals surface area contributed by atoms with E-state index >= 15 is 0 Å². The van der Waals surface area contributed by atoms with Crippen molar-refractivity contribution >= 4 is 33.6 Å². The number of anilines is 3. The summed E-state index contributed by atoms with van der Waals surface area (Å²) in [6.07, 6.45) is 8.14. The number of nitrogens with zero attached hydrogens (tertiary/aromatic N) is 8. The Morgan fingerprint density at radius 2 is 1.73 bits per heavy atom. The Hall–Kier alpha value is -3.66. The Kier molecular flexibility index (Phi) is 7.27. The number of hydrogen-bond acceptors (Lipinski definition) is 8. The molecule has 0 aliphatic carbocycles. The molecule has 0 bridgehead atoms. The number of hydrogen-bond donors (Lipinski definition) is 1. The van der Waals surface area contributed by atoms with Crippen molar-refractivity contribution in [2.75, 3.05) is 61.3 Å². The lowest BCUT2D eigenvalue weighted by Gasteiger charge is -2.40. The molecule has 3 aromatic heterocycles.